The second-order valence-electron chi connectivity index (χ2n) is 11.8. The zero-order chi connectivity index (χ0) is 23.4. The minimum absolute atomic E-state index is 0.0943. The molecule has 4 bridgehead atoms. The van der Waals surface area contributed by atoms with Crippen LogP contribution in [0, 0.1) is 17.8 Å². The van der Waals surface area contributed by atoms with Gasteiger partial charge in [0, 0.05) is 31.1 Å². The lowest BCUT2D eigenvalue weighted by molar-refractivity contribution is -0.0534. The third-order valence-electron chi connectivity index (χ3n) is 9.71. The molecular weight excluding hydrogens is 422 g/mol. The molecule has 2 aromatic rings. The number of fused-ring (bicyclic) bond motifs is 5. The summed E-state index contributed by atoms with van der Waals surface area (Å²) >= 11 is 0. The number of piperidine rings is 2. The van der Waals surface area contributed by atoms with Crippen molar-refractivity contribution in [2.75, 3.05) is 0 Å². The van der Waals surface area contributed by atoms with Gasteiger partial charge >= 0.3 is 0 Å². The highest BCUT2D eigenvalue weighted by atomic mass is 16.1. The van der Waals surface area contributed by atoms with Crippen LogP contribution < -0.4 is 5.56 Å². The summed E-state index contributed by atoms with van der Waals surface area (Å²) in [5, 5.41) is 0. The lowest BCUT2D eigenvalue weighted by Gasteiger charge is -2.56. The zero-order valence-electron chi connectivity index (χ0n) is 20.8. The van der Waals surface area contributed by atoms with Crippen LogP contribution in [0.15, 0.2) is 29.1 Å². The van der Waals surface area contributed by atoms with Gasteiger partial charge in [-0.15, -0.1) is 0 Å². The van der Waals surface area contributed by atoms with Gasteiger partial charge in [-0.2, -0.15) is 0 Å². The Labute approximate surface area is 202 Å². The third kappa shape index (κ3) is 3.84. The fourth-order valence-corrected chi connectivity index (χ4v) is 8.47. The maximum atomic E-state index is 13.5. The second-order valence-corrected chi connectivity index (χ2v) is 11.8. The number of nitrogens with zero attached hydrogens (tertiary/aromatic N) is 3. The van der Waals surface area contributed by atoms with E-state index in [1.165, 1.54) is 64.7 Å². The van der Waals surface area contributed by atoms with Crippen LogP contribution in [0.25, 0.3) is 11.0 Å². The minimum atomic E-state index is -0.235. The Bertz CT molecular complexity index is 1110. The standard InChI is InChI=1S/C29H39N3O2/c1-3-19-11-20-13-21(12-19)15-24(14-20)31-22-7-6-8-23(31)17-25(16-22)32-27-10-5-4-9-26(27)30-28(18(2)33)29(32)34/h4-5,9-10,19-25H,3,6-8,11-17H2,1-2H3/t19?,20-,21+,22-,23+,24?,25?. The molecule has 0 radical (unpaired) electrons. The molecule has 2 saturated carbocycles. The molecule has 2 aliphatic heterocycles. The molecule has 4 aliphatic rings. The van der Waals surface area contributed by atoms with Crippen LogP contribution in [0.5, 0.6) is 0 Å². The van der Waals surface area contributed by atoms with Crippen LogP contribution in [-0.4, -0.2) is 38.4 Å². The van der Waals surface area contributed by atoms with Gasteiger partial charge < -0.3 is 4.57 Å². The number of hydrogen-bond acceptors (Lipinski definition) is 4. The molecule has 2 aliphatic carbocycles. The zero-order valence-corrected chi connectivity index (χ0v) is 20.8. The summed E-state index contributed by atoms with van der Waals surface area (Å²) in [5.41, 5.74) is 1.54. The van der Waals surface area contributed by atoms with E-state index in [1.54, 1.807) is 0 Å². The van der Waals surface area contributed by atoms with Crippen LogP contribution in [0.1, 0.15) is 101 Å². The molecule has 6 rings (SSSR count). The molecule has 182 valence electrons. The highest BCUT2D eigenvalue weighted by Gasteiger charge is 2.46. The van der Waals surface area contributed by atoms with E-state index in [0.29, 0.717) is 12.1 Å². The molecule has 1 aromatic heterocycles. The van der Waals surface area contributed by atoms with Gasteiger partial charge in [-0.3, -0.25) is 14.5 Å². The average molecular weight is 462 g/mol. The number of carbonyl (C=O) groups is 1. The number of para-hydroxylation sites is 2. The van der Waals surface area contributed by atoms with Crippen LogP contribution in [0.2, 0.25) is 0 Å². The number of ketones is 1. The van der Waals surface area contributed by atoms with Gasteiger partial charge in [-0.25, -0.2) is 4.98 Å². The SMILES string of the molecule is CCC1C[C@@H]2CC(N3[C@@H]4CCC[C@H]3CC(n3c(=O)c(C(C)=O)nc5ccccc53)C4)C[C@H](C1)C2. The van der Waals surface area contributed by atoms with Gasteiger partial charge in [0.15, 0.2) is 11.5 Å². The molecular formula is C29H39N3O2. The summed E-state index contributed by atoms with van der Waals surface area (Å²) in [4.78, 5) is 33.1. The van der Waals surface area contributed by atoms with E-state index in [-0.39, 0.29) is 23.1 Å². The smallest absolute Gasteiger partial charge is 0.280 e. The highest BCUT2D eigenvalue weighted by molar-refractivity contribution is 5.93. The van der Waals surface area contributed by atoms with Crippen LogP contribution in [0.3, 0.4) is 0 Å². The van der Waals surface area contributed by atoms with Crippen molar-refractivity contribution in [3.8, 4) is 0 Å². The normalized spacial score (nSPS) is 35.9. The van der Waals surface area contributed by atoms with E-state index in [1.807, 2.05) is 28.8 Å². The third-order valence-corrected chi connectivity index (χ3v) is 9.71. The van der Waals surface area contributed by atoms with Crippen LogP contribution in [0.4, 0.5) is 0 Å². The Morgan fingerprint density at radius 2 is 1.59 bits per heavy atom. The van der Waals surface area contributed by atoms with Crippen LogP contribution >= 0.6 is 0 Å². The first-order chi connectivity index (χ1) is 16.5. The quantitative estimate of drug-likeness (QED) is 0.543. The fraction of sp³-hybridized carbons (Fsp3) is 0.690. The summed E-state index contributed by atoms with van der Waals surface area (Å²) in [5.74, 6) is 2.56. The molecule has 0 amide bonds. The number of carbonyl (C=O) groups excluding carboxylic acids is 1. The lowest BCUT2D eigenvalue weighted by Crippen LogP contribution is -2.59. The first kappa shape index (κ1) is 22.5. The number of aromatic nitrogens is 2. The van der Waals surface area contributed by atoms with Gasteiger partial charge in [-0.1, -0.05) is 31.9 Å². The largest absolute Gasteiger partial charge is 0.302 e. The topological polar surface area (TPSA) is 55.2 Å². The predicted octanol–water partition coefficient (Wildman–Crippen LogP) is 5.76. The molecule has 0 N–H and O–H groups in total. The van der Waals surface area contributed by atoms with Gasteiger partial charge in [0.2, 0.25) is 0 Å². The van der Waals surface area contributed by atoms with Crippen molar-refractivity contribution in [3.63, 3.8) is 0 Å². The van der Waals surface area contributed by atoms with Crippen molar-refractivity contribution >= 4 is 16.8 Å². The molecule has 1 aromatic carbocycles. The molecule has 7 atom stereocenters. The van der Waals surface area contributed by atoms with Gasteiger partial charge in [0.1, 0.15) is 0 Å². The fourth-order valence-electron chi connectivity index (χ4n) is 8.47. The molecule has 34 heavy (non-hydrogen) atoms. The number of rotatable bonds is 4. The highest BCUT2D eigenvalue weighted by Crippen LogP contribution is 2.49. The van der Waals surface area contributed by atoms with Crippen molar-refractivity contribution < 1.29 is 4.79 Å². The number of Topliss-reactive ketones (excluding diaryl/α,β-unsaturated/α-hetero) is 1. The molecule has 2 saturated heterocycles. The minimum Gasteiger partial charge on any atom is -0.302 e. The Hall–Kier alpha value is -2.01. The van der Waals surface area contributed by atoms with Gasteiger partial charge in [0.05, 0.1) is 11.0 Å². The number of benzene rings is 1. The molecule has 3 unspecified atom stereocenters. The van der Waals surface area contributed by atoms with E-state index in [2.05, 4.69) is 16.8 Å². The van der Waals surface area contributed by atoms with E-state index in [0.717, 1.165) is 47.7 Å². The first-order valence-corrected chi connectivity index (χ1v) is 13.8. The summed E-state index contributed by atoms with van der Waals surface area (Å²) in [6.45, 7) is 3.84. The van der Waals surface area contributed by atoms with Crippen molar-refractivity contribution in [2.24, 2.45) is 17.8 Å². The molecule has 5 heteroatoms. The summed E-state index contributed by atoms with van der Waals surface area (Å²) < 4.78 is 1.95. The van der Waals surface area contributed by atoms with Gasteiger partial charge in [0.25, 0.3) is 5.56 Å². The lowest BCUT2D eigenvalue weighted by atomic mass is 9.64. The Balaban J connectivity index is 1.31. The van der Waals surface area contributed by atoms with Gasteiger partial charge in [-0.05, 0) is 87.7 Å². The van der Waals surface area contributed by atoms with Crippen molar-refractivity contribution in [1.29, 1.82) is 0 Å². The Kier molecular flexibility index (Phi) is 5.87. The Morgan fingerprint density at radius 3 is 2.24 bits per heavy atom. The van der Waals surface area contributed by atoms with Crippen molar-refractivity contribution in [3.05, 3.63) is 40.3 Å². The number of hydrogen-bond donors (Lipinski definition) is 0. The van der Waals surface area contributed by atoms with E-state index < -0.39 is 0 Å². The second kappa shape index (κ2) is 8.89. The predicted molar refractivity (Wildman–Crippen MR) is 135 cm³/mol. The summed E-state index contributed by atoms with van der Waals surface area (Å²) in [7, 11) is 0. The first-order valence-electron chi connectivity index (χ1n) is 13.8. The van der Waals surface area contributed by atoms with Crippen LogP contribution in [-0.2, 0) is 0 Å². The molecule has 3 heterocycles. The summed E-state index contributed by atoms with van der Waals surface area (Å²) in [6, 6.07) is 9.85. The molecule has 0 spiro atoms. The maximum absolute atomic E-state index is 13.5. The van der Waals surface area contributed by atoms with Crippen molar-refractivity contribution in [1.82, 2.24) is 14.5 Å². The molecule has 5 nitrogen and oxygen atoms in total. The van der Waals surface area contributed by atoms with E-state index >= 15 is 0 Å². The summed E-state index contributed by atoms with van der Waals surface area (Å²) in [6.07, 6.45) is 14.3. The Morgan fingerprint density at radius 1 is 0.912 bits per heavy atom. The molecule has 4 fully saturated rings. The monoisotopic (exact) mass is 461 g/mol. The van der Waals surface area contributed by atoms with E-state index in [9.17, 15) is 9.59 Å². The average Bonchev–Trinajstić information content (AvgIpc) is 2.82. The maximum Gasteiger partial charge on any atom is 0.280 e. The van der Waals surface area contributed by atoms with Crippen molar-refractivity contribution in [2.45, 2.75) is 109 Å². The van der Waals surface area contributed by atoms with E-state index in [4.69, 9.17) is 0 Å².